The van der Waals surface area contributed by atoms with Gasteiger partial charge in [0, 0.05) is 0 Å². The molecule has 1 unspecified atom stereocenters. The lowest BCUT2D eigenvalue weighted by Crippen LogP contribution is -2.41. The monoisotopic (exact) mass is 269 g/mol. The maximum Gasteiger partial charge on any atom is 0.294 e. The van der Waals surface area contributed by atoms with Gasteiger partial charge in [-0.3, -0.25) is 9.35 Å². The van der Waals surface area contributed by atoms with E-state index in [0.717, 1.165) is 0 Å². The lowest BCUT2D eigenvalue weighted by Gasteiger charge is -2.18. The Bertz CT molecular complexity index is 638. The molecule has 7 nitrogen and oxygen atoms in total. The average Bonchev–Trinajstić information content (AvgIpc) is 2.56. The average molecular weight is 269 g/mol. The Balaban J connectivity index is 2.45. The van der Waals surface area contributed by atoms with E-state index < -0.39 is 16.3 Å². The number of nitrogens with zero attached hydrogens (tertiary/aromatic N) is 2. The third kappa shape index (κ3) is 2.13. The van der Waals surface area contributed by atoms with Gasteiger partial charge in [-0.1, -0.05) is 6.07 Å². The van der Waals surface area contributed by atoms with E-state index in [1.54, 1.807) is 6.07 Å². The molecule has 0 aromatic heterocycles. The zero-order valence-corrected chi connectivity index (χ0v) is 10.3. The molecule has 0 bridgehead atoms. The molecule has 96 valence electrons. The molecule has 1 aliphatic heterocycles. The van der Waals surface area contributed by atoms with Gasteiger partial charge in [0.2, 0.25) is 5.78 Å². The van der Waals surface area contributed by atoms with E-state index in [0.29, 0.717) is 5.69 Å². The molecule has 0 saturated carbocycles. The molecular weight excluding hydrogens is 258 g/mol. The summed E-state index contributed by atoms with van der Waals surface area (Å²) in [5.74, 6) is -0.327. The fourth-order valence-corrected chi connectivity index (χ4v) is 2.12. The number of ketones is 1. The Kier molecular flexibility index (Phi) is 2.93. The minimum absolute atomic E-state index is 0.250. The van der Waals surface area contributed by atoms with Gasteiger partial charge in [0.1, 0.15) is 5.71 Å². The molecule has 0 saturated heterocycles. The zero-order valence-electron chi connectivity index (χ0n) is 9.44. The fraction of sp³-hybridized carbons (Fsp3) is 0.200. The number of hydrazone groups is 1. The second kappa shape index (κ2) is 4.16. The molecule has 0 radical (unpaired) electrons. The summed E-state index contributed by atoms with van der Waals surface area (Å²) in [7, 11) is -4.30. The van der Waals surface area contributed by atoms with Crippen molar-refractivity contribution in [2.24, 2.45) is 10.8 Å². The van der Waals surface area contributed by atoms with Crippen molar-refractivity contribution in [3.8, 4) is 0 Å². The van der Waals surface area contributed by atoms with Crippen LogP contribution < -0.4 is 10.7 Å². The van der Waals surface area contributed by atoms with Crippen molar-refractivity contribution < 1.29 is 17.8 Å². The van der Waals surface area contributed by atoms with Crippen molar-refractivity contribution in [1.82, 2.24) is 0 Å². The molecule has 8 heteroatoms. The first kappa shape index (κ1) is 12.7. The predicted octanol–water partition coefficient (Wildman–Crippen LogP) is -0.0169. The molecule has 3 N–H and O–H groups in total. The Morgan fingerprint density at radius 3 is 2.61 bits per heavy atom. The van der Waals surface area contributed by atoms with Crippen LogP contribution in [0.15, 0.2) is 34.3 Å². The lowest BCUT2D eigenvalue weighted by atomic mass is 10.2. The molecule has 18 heavy (non-hydrogen) atoms. The molecule has 0 fully saturated rings. The first-order valence-corrected chi connectivity index (χ1v) is 6.46. The maximum atomic E-state index is 11.5. The number of nitrogens with two attached hydrogens (primary N) is 1. The minimum Gasteiger partial charge on any atom is -0.303 e. The molecule has 0 amide bonds. The quantitative estimate of drug-likeness (QED) is 0.730. The van der Waals surface area contributed by atoms with Crippen LogP contribution >= 0.6 is 0 Å². The number of carbonyl (C=O) groups is 1. The highest BCUT2D eigenvalue weighted by atomic mass is 32.2. The highest BCUT2D eigenvalue weighted by Gasteiger charge is 2.31. The summed E-state index contributed by atoms with van der Waals surface area (Å²) in [5.41, 5.74) is 6.23. The van der Waals surface area contributed by atoms with Crippen molar-refractivity contribution in [3.05, 3.63) is 24.3 Å². The van der Waals surface area contributed by atoms with E-state index >= 15 is 0 Å². The second-order valence-electron chi connectivity index (χ2n) is 3.81. The number of benzene rings is 1. The molecule has 0 spiro atoms. The fourth-order valence-electron chi connectivity index (χ4n) is 1.60. The number of hydrogen-bond donors (Lipinski definition) is 2. The number of anilines is 1. The van der Waals surface area contributed by atoms with Crippen LogP contribution in [0.5, 0.6) is 0 Å². The van der Waals surface area contributed by atoms with Gasteiger partial charge in [-0.25, -0.2) is 5.01 Å². The van der Waals surface area contributed by atoms with Crippen LogP contribution in [0.3, 0.4) is 0 Å². The van der Waals surface area contributed by atoms with E-state index in [2.05, 4.69) is 5.10 Å². The molecule has 0 aliphatic carbocycles. The number of Topliss-reactive ketones (excluding diaryl/α,β-unsaturated/α-hetero) is 1. The summed E-state index contributed by atoms with van der Waals surface area (Å²) in [5, 5.41) is 5.16. The normalized spacial score (nSPS) is 20.2. The van der Waals surface area contributed by atoms with Gasteiger partial charge in [0.25, 0.3) is 10.1 Å². The molecule has 1 heterocycles. The van der Waals surface area contributed by atoms with Crippen LogP contribution in [-0.4, -0.2) is 30.6 Å². The van der Waals surface area contributed by atoms with Crippen LogP contribution in [0.25, 0.3) is 0 Å². The number of hydrogen-bond acceptors (Lipinski definition) is 6. The highest BCUT2D eigenvalue weighted by molar-refractivity contribution is 7.85. The summed E-state index contributed by atoms with van der Waals surface area (Å²) in [4.78, 5) is 11.2. The lowest BCUT2D eigenvalue weighted by molar-refractivity contribution is -0.113. The predicted molar refractivity (Wildman–Crippen MR) is 64.8 cm³/mol. The highest BCUT2D eigenvalue weighted by Crippen LogP contribution is 2.23. The van der Waals surface area contributed by atoms with Gasteiger partial charge in [-0.15, -0.1) is 0 Å². The van der Waals surface area contributed by atoms with Gasteiger partial charge < -0.3 is 5.73 Å². The van der Waals surface area contributed by atoms with Crippen molar-refractivity contribution in [2.75, 3.05) is 5.01 Å². The molecular formula is C10H11N3O4S. The summed E-state index contributed by atoms with van der Waals surface area (Å²) in [6.07, 6.45) is -0.971. The Labute approximate surface area is 104 Å². The van der Waals surface area contributed by atoms with E-state index in [9.17, 15) is 13.2 Å². The SMILES string of the molecule is CC1=NN(c2cccc(S(=O)(=O)O)c2)C(N)C1=O. The topological polar surface area (TPSA) is 113 Å². The molecule has 2 rings (SSSR count). The van der Waals surface area contributed by atoms with Crippen molar-refractivity contribution in [1.29, 1.82) is 0 Å². The van der Waals surface area contributed by atoms with Gasteiger partial charge in [0.15, 0.2) is 6.17 Å². The molecule has 1 aromatic rings. The van der Waals surface area contributed by atoms with E-state index in [4.69, 9.17) is 10.3 Å². The van der Waals surface area contributed by atoms with Gasteiger partial charge >= 0.3 is 0 Å². The Hall–Kier alpha value is -1.77. The smallest absolute Gasteiger partial charge is 0.294 e. The number of carbonyl (C=O) groups excluding carboxylic acids is 1. The van der Waals surface area contributed by atoms with Crippen LogP contribution in [0.1, 0.15) is 6.92 Å². The molecule has 1 aliphatic rings. The van der Waals surface area contributed by atoms with E-state index in [-0.39, 0.29) is 16.4 Å². The van der Waals surface area contributed by atoms with Crippen molar-refractivity contribution in [2.45, 2.75) is 18.0 Å². The first-order valence-electron chi connectivity index (χ1n) is 5.02. The van der Waals surface area contributed by atoms with E-state index in [1.807, 2.05) is 0 Å². The third-order valence-corrected chi connectivity index (χ3v) is 3.38. The standard InChI is InChI=1S/C10H11N3O4S/c1-6-9(14)10(11)13(12-6)7-3-2-4-8(5-7)18(15,16)17/h2-5,10H,11H2,1H3,(H,15,16,17). The summed E-state index contributed by atoms with van der Waals surface area (Å²) in [6, 6.07) is 5.41. The third-order valence-electron chi connectivity index (χ3n) is 2.53. The van der Waals surface area contributed by atoms with E-state index in [1.165, 1.54) is 30.1 Å². The van der Waals surface area contributed by atoms with Gasteiger partial charge in [-0.2, -0.15) is 13.5 Å². The van der Waals surface area contributed by atoms with Crippen LogP contribution in [-0.2, 0) is 14.9 Å². The first-order chi connectivity index (χ1) is 8.30. The Morgan fingerprint density at radius 1 is 1.44 bits per heavy atom. The second-order valence-corrected chi connectivity index (χ2v) is 5.23. The zero-order chi connectivity index (χ0) is 13.5. The number of rotatable bonds is 2. The van der Waals surface area contributed by atoms with Crippen LogP contribution in [0, 0.1) is 0 Å². The van der Waals surface area contributed by atoms with Crippen LogP contribution in [0.2, 0.25) is 0 Å². The van der Waals surface area contributed by atoms with Crippen molar-refractivity contribution >= 4 is 27.3 Å². The summed E-state index contributed by atoms with van der Waals surface area (Å²) < 4.78 is 31.0. The summed E-state index contributed by atoms with van der Waals surface area (Å²) >= 11 is 0. The van der Waals surface area contributed by atoms with Gasteiger partial charge in [-0.05, 0) is 25.1 Å². The minimum atomic E-state index is -4.30. The van der Waals surface area contributed by atoms with Crippen molar-refractivity contribution in [3.63, 3.8) is 0 Å². The maximum absolute atomic E-state index is 11.5. The largest absolute Gasteiger partial charge is 0.303 e. The Morgan fingerprint density at radius 2 is 2.11 bits per heavy atom. The molecule has 1 atom stereocenters. The van der Waals surface area contributed by atoms with Gasteiger partial charge in [0.05, 0.1) is 10.6 Å². The summed E-state index contributed by atoms with van der Waals surface area (Å²) in [6.45, 7) is 1.52. The molecule has 1 aromatic carbocycles. The van der Waals surface area contributed by atoms with Crippen LogP contribution in [0.4, 0.5) is 5.69 Å².